The molecule has 1 amide bonds. The molecule has 0 aliphatic heterocycles. The van der Waals surface area contributed by atoms with E-state index in [1.807, 2.05) is 0 Å². The van der Waals surface area contributed by atoms with Crippen LogP contribution in [0.15, 0.2) is 52.0 Å². The Kier molecular flexibility index (Phi) is 4.37. The Balaban J connectivity index is 2.05. The standard InChI is InChI=1S/C14H11BrN2O3/c15-11-7-9(5-6-13(11)19)8-16-17-14(20)10-3-1-2-4-12(10)18/h1-8,18-19H,(H,17,20)/b16-8+. The maximum absolute atomic E-state index is 11.7. The zero-order valence-electron chi connectivity index (χ0n) is 10.2. The fraction of sp³-hybridized carbons (Fsp3) is 0. The van der Waals surface area contributed by atoms with Crippen molar-refractivity contribution in [2.75, 3.05) is 0 Å². The Morgan fingerprint density at radius 2 is 1.90 bits per heavy atom. The molecular weight excluding hydrogens is 324 g/mol. The summed E-state index contributed by atoms with van der Waals surface area (Å²) >= 11 is 3.18. The average Bonchev–Trinajstić information content (AvgIpc) is 2.43. The van der Waals surface area contributed by atoms with Gasteiger partial charge in [0, 0.05) is 0 Å². The molecule has 0 heterocycles. The summed E-state index contributed by atoms with van der Waals surface area (Å²) in [5.41, 5.74) is 3.17. The topological polar surface area (TPSA) is 81.9 Å². The van der Waals surface area contributed by atoms with Crippen LogP contribution in [0.1, 0.15) is 15.9 Å². The predicted molar refractivity (Wildman–Crippen MR) is 79.0 cm³/mol. The van der Waals surface area contributed by atoms with E-state index >= 15 is 0 Å². The highest BCUT2D eigenvalue weighted by Crippen LogP contribution is 2.23. The lowest BCUT2D eigenvalue weighted by Crippen LogP contribution is -2.17. The molecule has 0 aliphatic rings. The normalized spacial score (nSPS) is 10.7. The Morgan fingerprint density at radius 3 is 2.60 bits per heavy atom. The molecular formula is C14H11BrN2O3. The molecule has 0 unspecified atom stereocenters. The molecule has 0 fully saturated rings. The largest absolute Gasteiger partial charge is 0.507 e. The number of benzene rings is 2. The first kappa shape index (κ1) is 14.1. The number of aromatic hydroxyl groups is 2. The Hall–Kier alpha value is -2.34. The lowest BCUT2D eigenvalue weighted by molar-refractivity contribution is 0.0952. The number of rotatable bonds is 3. The number of nitrogens with one attached hydrogen (secondary N) is 1. The summed E-state index contributed by atoms with van der Waals surface area (Å²) in [6.07, 6.45) is 1.43. The van der Waals surface area contributed by atoms with Crippen LogP contribution >= 0.6 is 15.9 Å². The number of carbonyl (C=O) groups is 1. The number of phenolic OH excluding ortho intramolecular Hbond substituents is 2. The average molecular weight is 335 g/mol. The van der Waals surface area contributed by atoms with Gasteiger partial charge in [-0.25, -0.2) is 5.43 Å². The molecule has 2 aromatic rings. The number of carbonyl (C=O) groups excluding carboxylic acids is 1. The number of amides is 1. The van der Waals surface area contributed by atoms with Crippen molar-refractivity contribution in [3.63, 3.8) is 0 Å². The second-order valence-electron chi connectivity index (χ2n) is 3.93. The van der Waals surface area contributed by atoms with Crippen molar-refractivity contribution < 1.29 is 15.0 Å². The van der Waals surface area contributed by atoms with Crippen molar-refractivity contribution in [1.82, 2.24) is 5.43 Å². The Morgan fingerprint density at radius 1 is 1.15 bits per heavy atom. The molecule has 0 saturated carbocycles. The maximum atomic E-state index is 11.7. The van der Waals surface area contributed by atoms with Crippen molar-refractivity contribution in [2.45, 2.75) is 0 Å². The SMILES string of the molecule is O=C(N/N=C/c1ccc(O)c(Br)c1)c1ccccc1O. The van der Waals surface area contributed by atoms with Crippen LogP contribution in [0.4, 0.5) is 0 Å². The smallest absolute Gasteiger partial charge is 0.275 e. The van der Waals surface area contributed by atoms with Crippen LogP contribution in [0, 0.1) is 0 Å². The highest BCUT2D eigenvalue weighted by molar-refractivity contribution is 9.10. The van der Waals surface area contributed by atoms with Gasteiger partial charge in [0.2, 0.25) is 0 Å². The van der Waals surface area contributed by atoms with Crippen molar-refractivity contribution in [3.8, 4) is 11.5 Å². The van der Waals surface area contributed by atoms with Gasteiger partial charge < -0.3 is 10.2 Å². The third kappa shape index (κ3) is 3.36. The molecule has 0 aromatic heterocycles. The van der Waals surface area contributed by atoms with Crippen LogP contribution in [0.2, 0.25) is 0 Å². The number of nitrogens with zero attached hydrogens (tertiary/aromatic N) is 1. The minimum Gasteiger partial charge on any atom is -0.507 e. The van der Waals surface area contributed by atoms with E-state index in [1.165, 1.54) is 24.4 Å². The number of hydrogen-bond acceptors (Lipinski definition) is 4. The minimum atomic E-state index is -0.503. The van der Waals surface area contributed by atoms with E-state index in [4.69, 9.17) is 0 Å². The second-order valence-corrected chi connectivity index (χ2v) is 4.78. The maximum Gasteiger partial charge on any atom is 0.275 e. The number of halogens is 1. The van der Waals surface area contributed by atoms with E-state index in [0.717, 1.165) is 0 Å². The molecule has 0 radical (unpaired) electrons. The van der Waals surface area contributed by atoms with Crippen molar-refractivity contribution in [1.29, 1.82) is 0 Å². The van der Waals surface area contributed by atoms with Crippen LogP contribution in [0.5, 0.6) is 11.5 Å². The van der Waals surface area contributed by atoms with Crippen LogP contribution in [-0.2, 0) is 0 Å². The third-order valence-corrected chi connectivity index (χ3v) is 3.14. The molecule has 3 N–H and O–H groups in total. The van der Waals surface area contributed by atoms with E-state index in [2.05, 4.69) is 26.5 Å². The summed E-state index contributed by atoms with van der Waals surface area (Å²) in [5, 5.41) is 22.7. The number of para-hydroxylation sites is 1. The lowest BCUT2D eigenvalue weighted by atomic mass is 10.2. The van der Waals surface area contributed by atoms with E-state index in [1.54, 1.807) is 24.3 Å². The van der Waals surface area contributed by atoms with Gasteiger partial charge in [-0.15, -0.1) is 0 Å². The summed E-state index contributed by atoms with van der Waals surface area (Å²) in [4.78, 5) is 11.7. The number of hydrazone groups is 1. The Bertz CT molecular complexity index is 671. The van der Waals surface area contributed by atoms with Gasteiger partial charge in [0.05, 0.1) is 16.3 Å². The highest BCUT2D eigenvalue weighted by atomic mass is 79.9. The van der Waals surface area contributed by atoms with E-state index in [9.17, 15) is 15.0 Å². The minimum absolute atomic E-state index is 0.104. The molecule has 0 spiro atoms. The van der Waals surface area contributed by atoms with Gasteiger partial charge in [0.1, 0.15) is 11.5 Å². The van der Waals surface area contributed by atoms with Gasteiger partial charge in [-0.05, 0) is 51.8 Å². The summed E-state index contributed by atoms with van der Waals surface area (Å²) < 4.78 is 0.536. The first-order chi connectivity index (χ1) is 9.58. The summed E-state index contributed by atoms with van der Waals surface area (Å²) in [6.45, 7) is 0. The fourth-order valence-electron chi connectivity index (χ4n) is 1.49. The molecule has 2 rings (SSSR count). The lowest BCUT2D eigenvalue weighted by Gasteiger charge is -2.02. The summed E-state index contributed by atoms with van der Waals surface area (Å²) in [6, 6.07) is 11.0. The molecule has 0 bridgehead atoms. The quantitative estimate of drug-likeness (QED) is 0.596. The van der Waals surface area contributed by atoms with Crippen LogP contribution in [-0.4, -0.2) is 22.3 Å². The molecule has 0 atom stereocenters. The zero-order valence-corrected chi connectivity index (χ0v) is 11.8. The first-order valence-corrected chi connectivity index (χ1v) is 6.47. The van der Waals surface area contributed by atoms with Gasteiger partial charge in [-0.3, -0.25) is 4.79 Å². The molecule has 102 valence electrons. The van der Waals surface area contributed by atoms with Crippen molar-refractivity contribution in [2.24, 2.45) is 5.10 Å². The van der Waals surface area contributed by atoms with E-state index in [-0.39, 0.29) is 17.1 Å². The molecule has 20 heavy (non-hydrogen) atoms. The van der Waals surface area contributed by atoms with Crippen molar-refractivity contribution >= 4 is 28.1 Å². The molecule has 2 aromatic carbocycles. The summed E-state index contributed by atoms with van der Waals surface area (Å²) in [7, 11) is 0. The van der Waals surface area contributed by atoms with Gasteiger partial charge in [-0.1, -0.05) is 12.1 Å². The van der Waals surface area contributed by atoms with Crippen LogP contribution in [0.3, 0.4) is 0 Å². The predicted octanol–water partition coefficient (Wildman–Crippen LogP) is 2.62. The monoisotopic (exact) mass is 334 g/mol. The third-order valence-electron chi connectivity index (χ3n) is 2.50. The number of phenols is 2. The molecule has 6 heteroatoms. The van der Waals surface area contributed by atoms with E-state index < -0.39 is 5.91 Å². The van der Waals surface area contributed by atoms with Gasteiger partial charge in [-0.2, -0.15) is 5.10 Å². The molecule has 0 aliphatic carbocycles. The molecule has 0 saturated heterocycles. The fourth-order valence-corrected chi connectivity index (χ4v) is 1.89. The van der Waals surface area contributed by atoms with Crippen LogP contribution in [0.25, 0.3) is 0 Å². The van der Waals surface area contributed by atoms with Crippen molar-refractivity contribution in [3.05, 3.63) is 58.1 Å². The van der Waals surface area contributed by atoms with Gasteiger partial charge >= 0.3 is 0 Å². The van der Waals surface area contributed by atoms with Gasteiger partial charge in [0.15, 0.2) is 0 Å². The Labute approximate surface area is 123 Å². The second kappa shape index (κ2) is 6.21. The first-order valence-electron chi connectivity index (χ1n) is 5.68. The highest BCUT2D eigenvalue weighted by Gasteiger charge is 2.08. The van der Waals surface area contributed by atoms with E-state index in [0.29, 0.717) is 10.0 Å². The summed E-state index contributed by atoms with van der Waals surface area (Å²) in [5.74, 6) is -0.481. The van der Waals surface area contributed by atoms with Gasteiger partial charge in [0.25, 0.3) is 5.91 Å². The number of hydrogen-bond donors (Lipinski definition) is 3. The van der Waals surface area contributed by atoms with Crippen LogP contribution < -0.4 is 5.43 Å². The molecule has 5 nitrogen and oxygen atoms in total. The zero-order chi connectivity index (χ0) is 14.5.